The van der Waals surface area contributed by atoms with Gasteiger partial charge < -0.3 is 10.8 Å². The number of aliphatic carboxylic acids is 1. The summed E-state index contributed by atoms with van der Waals surface area (Å²) >= 11 is 5.65. The van der Waals surface area contributed by atoms with Gasteiger partial charge in [0, 0.05) is 11.8 Å². The molecule has 0 saturated carbocycles. The average molecular weight is 245 g/mol. The van der Waals surface area contributed by atoms with Crippen molar-refractivity contribution in [2.75, 3.05) is 5.73 Å². The van der Waals surface area contributed by atoms with Gasteiger partial charge in [0.05, 0.1) is 10.8 Å². The summed E-state index contributed by atoms with van der Waals surface area (Å²) in [5.74, 6) is -1.94. The van der Waals surface area contributed by atoms with E-state index in [1.54, 1.807) is 0 Å². The van der Waals surface area contributed by atoms with Gasteiger partial charge in [-0.05, 0) is 18.6 Å². The third kappa shape index (κ3) is 2.22. The Kier molecular flexibility index (Phi) is 3.34. The minimum Gasteiger partial charge on any atom is -0.481 e. The first-order valence-electron chi connectivity index (χ1n) is 4.30. The van der Waals surface area contributed by atoms with Gasteiger partial charge in [-0.15, -0.1) is 0 Å². The van der Waals surface area contributed by atoms with Gasteiger partial charge in [0.15, 0.2) is 0 Å². The summed E-state index contributed by atoms with van der Waals surface area (Å²) in [6, 6.07) is 2.28. The molecule has 1 aromatic carbocycles. The fourth-order valence-corrected chi connectivity index (χ4v) is 1.48. The number of anilines is 1. The van der Waals surface area contributed by atoms with E-state index in [9.17, 15) is 14.9 Å². The molecule has 0 amide bonds. The highest BCUT2D eigenvalue weighted by atomic mass is 35.5. The zero-order valence-corrected chi connectivity index (χ0v) is 9.06. The molecule has 0 saturated heterocycles. The van der Waals surface area contributed by atoms with E-state index < -0.39 is 16.8 Å². The number of hydrogen-bond acceptors (Lipinski definition) is 4. The molecule has 0 heterocycles. The maximum atomic E-state index is 10.7. The molecule has 1 atom stereocenters. The third-order valence-electron chi connectivity index (χ3n) is 2.19. The van der Waals surface area contributed by atoms with E-state index in [1.165, 1.54) is 13.0 Å². The SMILES string of the molecule is CC(C(=O)O)c1cc(Cl)c([N+](=O)[O-])cc1N. The first-order valence-corrected chi connectivity index (χ1v) is 4.68. The van der Waals surface area contributed by atoms with Crippen LogP contribution in [-0.2, 0) is 4.79 Å². The second kappa shape index (κ2) is 4.36. The Hall–Kier alpha value is -1.82. The monoisotopic (exact) mass is 244 g/mol. The molecule has 0 aliphatic rings. The predicted octanol–water partition coefficient (Wildman–Crippen LogP) is 2.02. The Bertz CT molecular complexity index is 461. The number of nitrogens with zero attached hydrogens (tertiary/aromatic N) is 1. The number of halogens is 1. The zero-order valence-electron chi connectivity index (χ0n) is 8.31. The highest BCUT2D eigenvalue weighted by Crippen LogP contribution is 2.33. The second-order valence-electron chi connectivity index (χ2n) is 3.25. The fourth-order valence-electron chi connectivity index (χ4n) is 1.24. The number of nitro groups is 1. The summed E-state index contributed by atoms with van der Waals surface area (Å²) in [4.78, 5) is 20.6. The maximum absolute atomic E-state index is 10.7. The van der Waals surface area contributed by atoms with Crippen molar-refractivity contribution in [2.45, 2.75) is 12.8 Å². The predicted molar refractivity (Wildman–Crippen MR) is 58.6 cm³/mol. The van der Waals surface area contributed by atoms with Crippen LogP contribution in [0.25, 0.3) is 0 Å². The lowest BCUT2D eigenvalue weighted by Crippen LogP contribution is -2.10. The largest absolute Gasteiger partial charge is 0.481 e. The highest BCUT2D eigenvalue weighted by molar-refractivity contribution is 6.32. The van der Waals surface area contributed by atoms with Gasteiger partial charge in [-0.25, -0.2) is 0 Å². The summed E-state index contributed by atoms with van der Waals surface area (Å²) < 4.78 is 0. The van der Waals surface area contributed by atoms with Crippen LogP contribution in [0.15, 0.2) is 12.1 Å². The Morgan fingerprint density at radius 3 is 2.62 bits per heavy atom. The van der Waals surface area contributed by atoms with E-state index >= 15 is 0 Å². The number of carboxylic acids is 1. The van der Waals surface area contributed by atoms with Crippen LogP contribution in [0.4, 0.5) is 11.4 Å². The molecule has 1 rings (SSSR count). The van der Waals surface area contributed by atoms with Gasteiger partial charge in [-0.2, -0.15) is 0 Å². The van der Waals surface area contributed by atoms with E-state index in [-0.39, 0.29) is 22.0 Å². The lowest BCUT2D eigenvalue weighted by Gasteiger charge is -2.10. The molecule has 0 fully saturated rings. The van der Waals surface area contributed by atoms with Crippen LogP contribution in [0.1, 0.15) is 18.4 Å². The van der Waals surface area contributed by atoms with Crippen LogP contribution in [0.5, 0.6) is 0 Å². The van der Waals surface area contributed by atoms with Gasteiger partial charge in [0.25, 0.3) is 5.69 Å². The molecule has 0 bridgehead atoms. The maximum Gasteiger partial charge on any atom is 0.310 e. The van der Waals surface area contributed by atoms with Gasteiger partial charge in [0.1, 0.15) is 5.02 Å². The minimum absolute atomic E-state index is 0.0472. The number of hydrogen-bond donors (Lipinski definition) is 2. The molecule has 0 radical (unpaired) electrons. The number of carbonyl (C=O) groups is 1. The Morgan fingerprint density at radius 1 is 1.62 bits per heavy atom. The van der Waals surface area contributed by atoms with Crippen LogP contribution in [-0.4, -0.2) is 16.0 Å². The lowest BCUT2D eigenvalue weighted by atomic mass is 9.99. The Balaban J connectivity index is 3.31. The van der Waals surface area contributed by atoms with E-state index in [0.29, 0.717) is 0 Å². The zero-order chi connectivity index (χ0) is 12.5. The van der Waals surface area contributed by atoms with Crippen molar-refractivity contribution in [1.82, 2.24) is 0 Å². The Morgan fingerprint density at radius 2 is 2.19 bits per heavy atom. The van der Waals surface area contributed by atoms with Crippen LogP contribution in [0.2, 0.25) is 5.02 Å². The molecule has 0 aromatic heterocycles. The molecule has 0 aliphatic carbocycles. The van der Waals surface area contributed by atoms with Crippen molar-refractivity contribution < 1.29 is 14.8 Å². The molecule has 3 N–H and O–H groups in total. The standard InChI is InChI=1S/C9H9ClN2O4/c1-4(9(13)14)5-2-6(10)8(12(15)16)3-7(5)11/h2-4H,11H2,1H3,(H,13,14). The second-order valence-corrected chi connectivity index (χ2v) is 3.66. The van der Waals surface area contributed by atoms with E-state index in [4.69, 9.17) is 22.4 Å². The summed E-state index contributed by atoms with van der Waals surface area (Å²) in [6.07, 6.45) is 0. The van der Waals surface area contributed by atoms with E-state index in [2.05, 4.69) is 0 Å². The normalized spacial score (nSPS) is 12.1. The number of nitrogens with two attached hydrogens (primary N) is 1. The van der Waals surface area contributed by atoms with Gasteiger partial charge in [0.2, 0.25) is 0 Å². The lowest BCUT2D eigenvalue weighted by molar-refractivity contribution is -0.384. The molecule has 0 spiro atoms. The number of nitrogen functional groups attached to an aromatic ring is 1. The molecule has 7 heteroatoms. The van der Waals surface area contributed by atoms with E-state index in [0.717, 1.165) is 6.07 Å². The molecular weight excluding hydrogens is 236 g/mol. The number of rotatable bonds is 3. The third-order valence-corrected chi connectivity index (χ3v) is 2.49. The Labute approximate surface area is 95.8 Å². The first kappa shape index (κ1) is 12.3. The number of carboxylic acid groups (broad SMARTS) is 1. The van der Waals surface area contributed by atoms with Crippen molar-refractivity contribution >= 4 is 28.9 Å². The first-order chi connectivity index (χ1) is 7.34. The van der Waals surface area contributed by atoms with Crippen LogP contribution in [0.3, 0.4) is 0 Å². The minimum atomic E-state index is -1.07. The molecule has 1 unspecified atom stereocenters. The summed E-state index contributed by atoms with van der Waals surface area (Å²) in [7, 11) is 0. The summed E-state index contributed by atoms with van der Waals surface area (Å²) in [5.41, 5.74) is 5.52. The van der Waals surface area contributed by atoms with Crippen LogP contribution in [0, 0.1) is 10.1 Å². The van der Waals surface area contributed by atoms with Crippen molar-refractivity contribution in [2.24, 2.45) is 0 Å². The molecular formula is C9H9ClN2O4. The highest BCUT2D eigenvalue weighted by Gasteiger charge is 2.21. The van der Waals surface area contributed by atoms with Crippen molar-refractivity contribution in [3.63, 3.8) is 0 Å². The van der Waals surface area contributed by atoms with Gasteiger partial charge in [-0.3, -0.25) is 14.9 Å². The topological polar surface area (TPSA) is 106 Å². The van der Waals surface area contributed by atoms with E-state index in [1.807, 2.05) is 0 Å². The van der Waals surface area contributed by atoms with Gasteiger partial charge in [-0.1, -0.05) is 11.6 Å². The smallest absolute Gasteiger partial charge is 0.310 e. The van der Waals surface area contributed by atoms with Crippen LogP contribution >= 0.6 is 11.6 Å². The quantitative estimate of drug-likeness (QED) is 0.481. The van der Waals surface area contributed by atoms with Crippen molar-refractivity contribution in [3.05, 3.63) is 32.8 Å². The molecule has 6 nitrogen and oxygen atoms in total. The molecule has 86 valence electrons. The van der Waals surface area contributed by atoms with Crippen LogP contribution < -0.4 is 5.73 Å². The summed E-state index contributed by atoms with van der Waals surface area (Å²) in [5, 5.41) is 19.2. The average Bonchev–Trinajstić information content (AvgIpc) is 2.19. The fraction of sp³-hybridized carbons (Fsp3) is 0.222. The van der Waals surface area contributed by atoms with Crippen molar-refractivity contribution in [3.8, 4) is 0 Å². The molecule has 0 aliphatic heterocycles. The number of benzene rings is 1. The van der Waals surface area contributed by atoms with Crippen molar-refractivity contribution in [1.29, 1.82) is 0 Å². The molecule has 16 heavy (non-hydrogen) atoms. The van der Waals surface area contributed by atoms with Gasteiger partial charge >= 0.3 is 5.97 Å². The summed E-state index contributed by atoms with van der Waals surface area (Å²) in [6.45, 7) is 1.43. The number of nitro benzene ring substituents is 1. The molecule has 1 aromatic rings.